The Morgan fingerprint density at radius 1 is 1.48 bits per heavy atom. The molecular weight excluding hydrogens is 279 g/mol. The minimum atomic E-state index is -0.835. The fourth-order valence-corrected chi connectivity index (χ4v) is 2.80. The van der Waals surface area contributed by atoms with Crippen molar-refractivity contribution in [3.8, 4) is 0 Å². The molecule has 1 fully saturated rings. The van der Waals surface area contributed by atoms with Crippen LogP contribution in [-0.4, -0.2) is 29.1 Å². The number of nitro benzene ring substituents is 1. The summed E-state index contributed by atoms with van der Waals surface area (Å²) in [6, 6.07) is 3.33. The van der Waals surface area contributed by atoms with Crippen LogP contribution in [-0.2, 0) is 4.79 Å². The molecule has 0 bridgehead atoms. The molecule has 7 heteroatoms. The van der Waals surface area contributed by atoms with Crippen LogP contribution < -0.4 is 4.90 Å². The Hall–Kier alpha value is -2.18. The largest absolute Gasteiger partial charge is 0.481 e. The van der Waals surface area contributed by atoms with Crippen LogP contribution in [0.3, 0.4) is 0 Å². The van der Waals surface area contributed by atoms with Crippen LogP contribution in [0, 0.1) is 21.3 Å². The maximum absolute atomic E-state index is 13.4. The summed E-state index contributed by atoms with van der Waals surface area (Å²) in [5.74, 6) is -1.38. The third-order valence-corrected chi connectivity index (χ3v) is 4.33. The van der Waals surface area contributed by atoms with Gasteiger partial charge in [-0.25, -0.2) is 4.39 Å². The number of benzene rings is 1. The number of hydrogen-bond acceptors (Lipinski definition) is 4. The van der Waals surface area contributed by atoms with Crippen molar-refractivity contribution in [3.63, 3.8) is 0 Å². The molecule has 1 aliphatic rings. The molecular formula is C14H17FN2O4. The van der Waals surface area contributed by atoms with E-state index in [0.29, 0.717) is 32.4 Å². The van der Waals surface area contributed by atoms with Crippen molar-refractivity contribution >= 4 is 17.3 Å². The second kappa shape index (κ2) is 5.67. The summed E-state index contributed by atoms with van der Waals surface area (Å²) in [7, 11) is 0. The second-order valence-electron chi connectivity index (χ2n) is 5.32. The van der Waals surface area contributed by atoms with Gasteiger partial charge in [0.15, 0.2) is 0 Å². The number of carboxylic acids is 1. The number of aliphatic carboxylic acids is 1. The highest BCUT2D eigenvalue weighted by Crippen LogP contribution is 2.39. The van der Waals surface area contributed by atoms with Gasteiger partial charge in [-0.05, 0) is 25.3 Å². The quantitative estimate of drug-likeness (QED) is 0.682. The minimum Gasteiger partial charge on any atom is -0.481 e. The van der Waals surface area contributed by atoms with Crippen molar-refractivity contribution < 1.29 is 19.2 Å². The molecule has 0 saturated carbocycles. The van der Waals surface area contributed by atoms with Gasteiger partial charge in [0.1, 0.15) is 11.5 Å². The van der Waals surface area contributed by atoms with Gasteiger partial charge in [0.2, 0.25) is 0 Å². The summed E-state index contributed by atoms with van der Waals surface area (Å²) in [5, 5.41) is 20.4. The van der Waals surface area contributed by atoms with Crippen LogP contribution in [0.25, 0.3) is 0 Å². The van der Waals surface area contributed by atoms with Crippen LogP contribution in [0.1, 0.15) is 26.2 Å². The van der Waals surface area contributed by atoms with Gasteiger partial charge < -0.3 is 10.0 Å². The van der Waals surface area contributed by atoms with Crippen LogP contribution in [0.15, 0.2) is 18.2 Å². The van der Waals surface area contributed by atoms with E-state index in [-0.39, 0.29) is 11.4 Å². The molecule has 2 rings (SSSR count). The molecule has 21 heavy (non-hydrogen) atoms. The summed E-state index contributed by atoms with van der Waals surface area (Å²) in [5.41, 5.74) is -0.718. The lowest BCUT2D eigenvalue weighted by molar-refractivity contribution is -0.384. The van der Waals surface area contributed by atoms with E-state index in [0.717, 1.165) is 18.2 Å². The second-order valence-corrected chi connectivity index (χ2v) is 5.32. The first-order chi connectivity index (χ1) is 9.89. The highest BCUT2D eigenvalue weighted by Gasteiger charge is 2.40. The molecule has 1 saturated heterocycles. The zero-order valence-corrected chi connectivity index (χ0v) is 11.7. The first-order valence-corrected chi connectivity index (χ1v) is 6.82. The van der Waals surface area contributed by atoms with Crippen molar-refractivity contribution in [1.82, 2.24) is 0 Å². The molecule has 6 nitrogen and oxygen atoms in total. The maximum Gasteiger partial charge on any atom is 0.309 e. The summed E-state index contributed by atoms with van der Waals surface area (Å²) < 4.78 is 13.4. The van der Waals surface area contributed by atoms with E-state index in [4.69, 9.17) is 0 Å². The fourth-order valence-electron chi connectivity index (χ4n) is 2.80. The van der Waals surface area contributed by atoms with Gasteiger partial charge in [0.05, 0.1) is 10.3 Å². The average Bonchev–Trinajstić information content (AvgIpc) is 2.46. The molecule has 0 unspecified atom stereocenters. The number of piperidine rings is 1. The Bertz CT molecular complexity index is 568. The van der Waals surface area contributed by atoms with Crippen molar-refractivity contribution in [2.24, 2.45) is 5.41 Å². The smallest absolute Gasteiger partial charge is 0.309 e. The van der Waals surface area contributed by atoms with Crippen molar-refractivity contribution in [1.29, 1.82) is 0 Å². The van der Waals surface area contributed by atoms with Crippen LogP contribution >= 0.6 is 0 Å². The third-order valence-electron chi connectivity index (χ3n) is 4.33. The van der Waals surface area contributed by atoms with Gasteiger partial charge in [-0.1, -0.05) is 6.92 Å². The van der Waals surface area contributed by atoms with Crippen LogP contribution in [0.2, 0.25) is 0 Å². The van der Waals surface area contributed by atoms with E-state index in [1.54, 1.807) is 4.90 Å². The Labute approximate surface area is 121 Å². The normalized spacial score (nSPS) is 17.5. The predicted molar refractivity (Wildman–Crippen MR) is 74.9 cm³/mol. The molecule has 0 aliphatic carbocycles. The number of anilines is 1. The van der Waals surface area contributed by atoms with E-state index in [1.807, 2.05) is 6.92 Å². The number of halogens is 1. The van der Waals surface area contributed by atoms with E-state index in [9.17, 15) is 24.4 Å². The first-order valence-electron chi connectivity index (χ1n) is 6.82. The fraction of sp³-hybridized carbons (Fsp3) is 0.500. The van der Waals surface area contributed by atoms with E-state index in [1.165, 1.54) is 0 Å². The number of carboxylic acid groups (broad SMARTS) is 1. The number of nitrogens with zero attached hydrogens (tertiary/aromatic N) is 2. The average molecular weight is 296 g/mol. The SMILES string of the molecule is CCC1(C(=O)O)CCN(c2cc(F)ccc2[N+](=O)[O-])CC1. The number of rotatable bonds is 4. The summed E-state index contributed by atoms with van der Waals surface area (Å²) in [6.45, 7) is 2.56. The minimum absolute atomic E-state index is 0.157. The Morgan fingerprint density at radius 3 is 2.57 bits per heavy atom. The highest BCUT2D eigenvalue weighted by molar-refractivity contribution is 5.75. The van der Waals surface area contributed by atoms with Gasteiger partial charge in [-0.3, -0.25) is 14.9 Å². The predicted octanol–water partition coefficient (Wildman–Crippen LogP) is 2.82. The Kier molecular flexibility index (Phi) is 4.11. The van der Waals surface area contributed by atoms with Gasteiger partial charge in [-0.2, -0.15) is 0 Å². The van der Waals surface area contributed by atoms with Gasteiger partial charge >= 0.3 is 5.97 Å². The van der Waals surface area contributed by atoms with Crippen LogP contribution in [0.5, 0.6) is 0 Å². The standard InChI is InChI=1S/C14H17FN2O4/c1-2-14(13(18)19)5-7-16(8-6-14)12-9-10(15)3-4-11(12)17(20)21/h3-4,9H,2,5-8H2,1H3,(H,18,19). The van der Waals surface area contributed by atoms with Gasteiger partial charge in [0.25, 0.3) is 5.69 Å². The number of hydrogen-bond donors (Lipinski definition) is 1. The lowest BCUT2D eigenvalue weighted by Gasteiger charge is -2.39. The number of carbonyl (C=O) groups is 1. The molecule has 1 N–H and O–H groups in total. The molecule has 1 aromatic carbocycles. The van der Waals surface area contributed by atoms with Gasteiger partial charge in [-0.15, -0.1) is 0 Å². The lowest BCUT2D eigenvalue weighted by Crippen LogP contribution is -2.44. The molecule has 0 spiro atoms. The van der Waals surface area contributed by atoms with E-state index >= 15 is 0 Å². The molecule has 0 radical (unpaired) electrons. The Morgan fingerprint density at radius 2 is 2.10 bits per heavy atom. The number of nitro groups is 1. The summed E-state index contributed by atoms with van der Waals surface area (Å²) >= 11 is 0. The molecule has 1 heterocycles. The van der Waals surface area contributed by atoms with Crippen molar-refractivity contribution in [3.05, 3.63) is 34.1 Å². The van der Waals surface area contributed by atoms with Crippen LogP contribution in [0.4, 0.5) is 15.8 Å². The summed E-state index contributed by atoms with van der Waals surface area (Å²) in [4.78, 5) is 23.6. The molecule has 0 aromatic heterocycles. The monoisotopic (exact) mass is 296 g/mol. The van der Waals surface area contributed by atoms with Gasteiger partial charge in [0, 0.05) is 25.2 Å². The highest BCUT2D eigenvalue weighted by atomic mass is 19.1. The van der Waals surface area contributed by atoms with Crippen molar-refractivity contribution in [2.45, 2.75) is 26.2 Å². The first kappa shape index (κ1) is 15.2. The molecule has 1 aromatic rings. The molecule has 0 atom stereocenters. The summed E-state index contributed by atoms with van der Waals surface area (Å²) in [6.07, 6.45) is 1.31. The lowest BCUT2D eigenvalue weighted by atomic mass is 9.76. The zero-order valence-electron chi connectivity index (χ0n) is 11.7. The molecule has 114 valence electrons. The topological polar surface area (TPSA) is 83.7 Å². The maximum atomic E-state index is 13.4. The third kappa shape index (κ3) is 2.81. The van der Waals surface area contributed by atoms with E-state index in [2.05, 4.69) is 0 Å². The molecule has 0 amide bonds. The van der Waals surface area contributed by atoms with E-state index < -0.39 is 22.1 Å². The Balaban J connectivity index is 2.25. The zero-order chi connectivity index (χ0) is 15.6. The van der Waals surface area contributed by atoms with Crippen molar-refractivity contribution in [2.75, 3.05) is 18.0 Å². The molecule has 1 aliphatic heterocycles.